The van der Waals surface area contributed by atoms with E-state index in [2.05, 4.69) is 20.8 Å². The van der Waals surface area contributed by atoms with Gasteiger partial charge in [0.05, 0.1) is 6.04 Å². The Morgan fingerprint density at radius 3 is 2.56 bits per heavy atom. The van der Waals surface area contributed by atoms with Crippen LogP contribution in [0.1, 0.15) is 24.6 Å². The molecule has 17 nitrogen and oxygen atoms in total. The van der Waals surface area contributed by atoms with E-state index in [1.54, 1.807) is 30.5 Å². The number of hydrogen-bond acceptors (Lipinski definition) is 14. The number of hydrogen-bond donors (Lipinski definition) is 7. The number of amides is 2. The number of allylic oxidation sites excluding steroid dienone is 1. The fourth-order valence-corrected chi connectivity index (χ4v) is 5.12. The molecule has 1 aliphatic rings. The molecule has 3 atom stereocenters. The van der Waals surface area contributed by atoms with Gasteiger partial charge in [-0.2, -0.15) is 8.42 Å². The van der Waals surface area contributed by atoms with E-state index in [4.69, 9.17) is 31.0 Å². The normalized spacial score (nSPS) is 17.9. The molecular formula is C24H30N8O9S2. The number of β-lactam (4-membered cyclic amide) rings is 1. The summed E-state index contributed by atoms with van der Waals surface area (Å²) in [6.45, 7) is 1.94. The van der Waals surface area contributed by atoms with E-state index in [0.717, 1.165) is 17.8 Å². The number of carboxylic acids is 1. The van der Waals surface area contributed by atoms with Crippen molar-refractivity contribution in [3.8, 4) is 5.75 Å². The Morgan fingerprint density at radius 1 is 1.33 bits per heavy atom. The first-order valence-corrected chi connectivity index (χ1v) is 14.8. The van der Waals surface area contributed by atoms with Crippen LogP contribution in [0, 0.1) is 5.41 Å². The second kappa shape index (κ2) is 14.5. The number of oxime groups is 1. The van der Waals surface area contributed by atoms with E-state index in [-0.39, 0.29) is 20.9 Å². The van der Waals surface area contributed by atoms with Crippen LogP contribution in [-0.2, 0) is 29.5 Å². The van der Waals surface area contributed by atoms with Gasteiger partial charge in [-0.25, -0.2) is 14.1 Å². The highest BCUT2D eigenvalue weighted by Crippen LogP contribution is 2.23. The van der Waals surface area contributed by atoms with Crippen LogP contribution in [0.4, 0.5) is 5.13 Å². The molecule has 0 radical (unpaired) electrons. The number of rotatable bonds is 16. The lowest BCUT2D eigenvalue weighted by Crippen LogP contribution is -2.71. The molecule has 232 valence electrons. The van der Waals surface area contributed by atoms with Gasteiger partial charge in [-0.3, -0.25) is 14.1 Å². The van der Waals surface area contributed by atoms with Gasteiger partial charge in [0.25, 0.3) is 17.9 Å². The minimum atomic E-state index is -4.82. The molecule has 0 saturated carbocycles. The second-order valence-corrected chi connectivity index (χ2v) is 11.1. The number of nitrogens with zero attached hydrogens (tertiary/aromatic N) is 3. The van der Waals surface area contributed by atoms with Gasteiger partial charge in [0.15, 0.2) is 10.8 Å². The SMILES string of the molecule is C[C@@H]1[C@H](NC(=O)/C(=N\O[C@@H](COc2ccc(/C(C=N)=C/NCCCN)cc2)C(=O)O)c2csc(N)n2)C(=O)N1S(=O)(=O)O. The van der Waals surface area contributed by atoms with E-state index < -0.39 is 58.6 Å². The van der Waals surface area contributed by atoms with Crippen LogP contribution in [0.15, 0.2) is 41.0 Å². The van der Waals surface area contributed by atoms with Crippen LogP contribution >= 0.6 is 11.3 Å². The number of carbonyl (C=O) groups is 3. The van der Waals surface area contributed by atoms with Crippen LogP contribution in [0.2, 0.25) is 0 Å². The molecule has 0 aliphatic carbocycles. The van der Waals surface area contributed by atoms with E-state index in [1.165, 1.54) is 18.5 Å². The highest BCUT2D eigenvalue weighted by molar-refractivity contribution is 7.84. The first kappa shape index (κ1) is 32.9. The van der Waals surface area contributed by atoms with Crippen molar-refractivity contribution in [2.75, 3.05) is 25.4 Å². The Morgan fingerprint density at radius 2 is 2.02 bits per heavy atom. The number of carbonyl (C=O) groups excluding carboxylic acids is 2. The molecule has 9 N–H and O–H groups in total. The molecule has 1 aliphatic heterocycles. The average Bonchev–Trinajstić information content (AvgIpc) is 3.38. The number of ether oxygens (including phenoxy) is 1. The third kappa shape index (κ3) is 8.47. The molecule has 43 heavy (non-hydrogen) atoms. The Kier molecular flexibility index (Phi) is 11.1. The Hall–Kier alpha value is -4.59. The zero-order valence-corrected chi connectivity index (χ0v) is 24.3. The number of aromatic nitrogens is 1. The lowest BCUT2D eigenvalue weighted by Gasteiger charge is -2.42. The van der Waals surface area contributed by atoms with Gasteiger partial charge in [-0.05, 0) is 37.6 Å². The summed E-state index contributed by atoms with van der Waals surface area (Å²) in [5.74, 6) is -3.31. The maximum Gasteiger partial charge on any atom is 0.362 e. The summed E-state index contributed by atoms with van der Waals surface area (Å²) in [6, 6.07) is 4.04. The van der Waals surface area contributed by atoms with Crippen molar-refractivity contribution in [1.82, 2.24) is 19.9 Å². The van der Waals surface area contributed by atoms with Gasteiger partial charge in [0.2, 0.25) is 0 Å². The van der Waals surface area contributed by atoms with Gasteiger partial charge in [0.1, 0.15) is 24.1 Å². The number of anilines is 1. The van der Waals surface area contributed by atoms with Crippen molar-refractivity contribution in [2.24, 2.45) is 10.9 Å². The first-order valence-electron chi connectivity index (χ1n) is 12.5. The van der Waals surface area contributed by atoms with Crippen LogP contribution in [0.25, 0.3) is 5.57 Å². The number of thiazole rings is 1. The van der Waals surface area contributed by atoms with Crippen molar-refractivity contribution < 1.29 is 42.0 Å². The minimum absolute atomic E-state index is 0.0510. The summed E-state index contributed by atoms with van der Waals surface area (Å²) < 4.78 is 37.6. The third-order valence-electron chi connectivity index (χ3n) is 5.92. The predicted molar refractivity (Wildman–Crippen MR) is 156 cm³/mol. The summed E-state index contributed by atoms with van der Waals surface area (Å²) in [4.78, 5) is 46.1. The summed E-state index contributed by atoms with van der Waals surface area (Å²) in [5.41, 5.74) is 11.8. The monoisotopic (exact) mass is 638 g/mol. The smallest absolute Gasteiger partial charge is 0.362 e. The number of benzene rings is 1. The van der Waals surface area contributed by atoms with Crippen molar-refractivity contribution >= 4 is 62.1 Å². The lowest BCUT2D eigenvalue weighted by molar-refractivity contribution is -0.152. The minimum Gasteiger partial charge on any atom is -0.489 e. The number of nitrogens with two attached hydrogens (primary N) is 2. The van der Waals surface area contributed by atoms with Crippen molar-refractivity contribution in [3.05, 3.63) is 47.1 Å². The fraction of sp³-hybridized carbons (Fsp3) is 0.333. The summed E-state index contributed by atoms with van der Waals surface area (Å²) in [5, 5.41) is 27.6. The Labute approximate surface area is 249 Å². The maximum absolute atomic E-state index is 13.0. The first-order chi connectivity index (χ1) is 20.4. The van der Waals surface area contributed by atoms with Gasteiger partial charge >= 0.3 is 16.3 Å². The second-order valence-electron chi connectivity index (χ2n) is 8.92. The summed E-state index contributed by atoms with van der Waals surface area (Å²) in [7, 11) is -4.82. The van der Waals surface area contributed by atoms with E-state index in [1.807, 2.05) is 0 Å². The molecule has 1 fully saturated rings. The quantitative estimate of drug-likeness (QED) is 0.0399. The lowest BCUT2D eigenvalue weighted by atomic mass is 10.0. The molecule has 2 heterocycles. The maximum atomic E-state index is 13.0. The molecule has 0 unspecified atom stereocenters. The number of nitrogen functional groups attached to an aromatic ring is 1. The largest absolute Gasteiger partial charge is 0.489 e. The third-order valence-corrected chi connectivity index (χ3v) is 7.61. The van der Waals surface area contributed by atoms with E-state index >= 15 is 0 Å². The van der Waals surface area contributed by atoms with Gasteiger partial charge in [-0.1, -0.05) is 17.3 Å². The van der Waals surface area contributed by atoms with E-state index in [9.17, 15) is 27.9 Å². The zero-order chi connectivity index (χ0) is 31.7. The highest BCUT2D eigenvalue weighted by atomic mass is 32.2. The molecule has 3 rings (SSSR count). The Balaban J connectivity index is 1.70. The number of nitrogens with one attached hydrogen (secondary N) is 3. The Bertz CT molecular complexity index is 1510. The number of carboxylic acid groups (broad SMARTS) is 1. The predicted octanol–water partition coefficient (Wildman–Crippen LogP) is -0.575. The van der Waals surface area contributed by atoms with Gasteiger partial charge in [0, 0.05) is 29.9 Å². The molecule has 19 heteroatoms. The average molecular weight is 639 g/mol. The van der Waals surface area contributed by atoms with E-state index in [0.29, 0.717) is 24.2 Å². The molecule has 0 bridgehead atoms. The van der Waals surface area contributed by atoms with Crippen molar-refractivity contribution in [3.63, 3.8) is 0 Å². The van der Waals surface area contributed by atoms with Gasteiger partial charge in [-0.15, -0.1) is 11.3 Å². The van der Waals surface area contributed by atoms with Crippen molar-refractivity contribution in [1.29, 1.82) is 5.41 Å². The highest BCUT2D eigenvalue weighted by Gasteiger charge is 2.51. The van der Waals surface area contributed by atoms with Crippen LogP contribution in [0.3, 0.4) is 0 Å². The van der Waals surface area contributed by atoms with Crippen molar-refractivity contribution in [2.45, 2.75) is 31.5 Å². The molecule has 0 spiro atoms. The molecule has 1 aromatic heterocycles. The number of aliphatic carboxylic acids is 1. The topological polar surface area (TPSA) is 273 Å². The standard InChI is InChI=1S/C24H30N8O9S2/c1-13-19(22(34)32(13)43(37,38)39)30-21(33)20(17-12-42-24(27)29-17)31-41-18(23(35)36)11-40-16-5-3-14(4-6-16)15(9-26)10-28-8-2-7-25/h3-6,9-10,12-13,18-19,26,28H,2,7-8,11,25H2,1H3,(H2,27,29)(H,30,33)(H,35,36)(H,37,38,39)/b15-10+,26-9?,31-20-/t13-,18+,19+/m1/s1. The van der Waals surface area contributed by atoms with Gasteiger partial charge < -0.3 is 42.2 Å². The van der Waals surface area contributed by atoms with Crippen LogP contribution in [-0.4, -0.2) is 95.0 Å². The van der Waals surface area contributed by atoms with Crippen LogP contribution in [0.5, 0.6) is 5.75 Å². The summed E-state index contributed by atoms with van der Waals surface area (Å²) in [6.07, 6.45) is 1.93. The van der Waals surface area contributed by atoms with Crippen LogP contribution < -0.4 is 26.8 Å². The molecular weight excluding hydrogens is 608 g/mol. The molecule has 2 aromatic rings. The molecule has 1 aromatic carbocycles. The molecule has 2 amide bonds. The molecule has 1 saturated heterocycles. The zero-order valence-electron chi connectivity index (χ0n) is 22.7. The fourth-order valence-electron chi connectivity index (χ4n) is 3.69. The summed E-state index contributed by atoms with van der Waals surface area (Å²) >= 11 is 0.947.